The number of aryl methyl sites for hydroxylation is 2. The van der Waals surface area contributed by atoms with E-state index in [-0.39, 0.29) is 11.5 Å². The van der Waals surface area contributed by atoms with Crippen molar-refractivity contribution in [3.63, 3.8) is 0 Å². The molecule has 0 radical (unpaired) electrons. The van der Waals surface area contributed by atoms with Crippen LogP contribution in [-0.2, 0) is 6.54 Å². The van der Waals surface area contributed by atoms with Gasteiger partial charge in [-0.25, -0.2) is 4.79 Å². The number of para-hydroxylation sites is 1. The molecule has 1 aromatic heterocycles. The Kier molecular flexibility index (Phi) is 4.86. The van der Waals surface area contributed by atoms with Gasteiger partial charge in [-0.2, -0.15) is 0 Å². The highest BCUT2D eigenvalue weighted by Gasteiger charge is 2.28. The van der Waals surface area contributed by atoms with Crippen LogP contribution in [0.25, 0.3) is 17.0 Å². The van der Waals surface area contributed by atoms with E-state index < -0.39 is 5.97 Å². The second kappa shape index (κ2) is 7.85. The number of aromatic nitrogens is 1. The highest BCUT2D eigenvalue weighted by atomic mass is 16.5. The molecule has 0 aliphatic carbocycles. The van der Waals surface area contributed by atoms with Crippen molar-refractivity contribution >= 4 is 28.7 Å². The maximum absolute atomic E-state index is 12.9. The standard InChI is InChI=1S/C27H21NO4/c1-3-28-16-18(21-10-6-7-11-23(21)28)14-25-26(29)22-13-12-19(15-24(22)32-25)31-27(30)20-9-5-4-8-17(20)2/h4-16H,3H2,1-2H3. The van der Waals surface area contributed by atoms with Crippen LogP contribution in [0.2, 0.25) is 0 Å². The molecule has 0 atom stereocenters. The average Bonchev–Trinajstić information content (AvgIpc) is 3.31. The molecular formula is C27H21NO4. The van der Waals surface area contributed by atoms with Crippen LogP contribution in [0, 0.1) is 6.92 Å². The van der Waals surface area contributed by atoms with Gasteiger partial charge in [0, 0.05) is 35.3 Å². The molecule has 0 spiro atoms. The van der Waals surface area contributed by atoms with Crippen molar-refractivity contribution in [1.82, 2.24) is 4.57 Å². The maximum Gasteiger partial charge on any atom is 0.343 e. The molecule has 0 saturated carbocycles. The fourth-order valence-corrected chi connectivity index (χ4v) is 3.99. The number of hydrogen-bond donors (Lipinski definition) is 0. The van der Waals surface area contributed by atoms with Gasteiger partial charge in [-0.3, -0.25) is 4.79 Å². The van der Waals surface area contributed by atoms with Crippen LogP contribution in [-0.4, -0.2) is 16.3 Å². The van der Waals surface area contributed by atoms with Crippen LogP contribution in [0.5, 0.6) is 11.5 Å². The highest BCUT2D eigenvalue weighted by Crippen LogP contribution is 2.36. The third-order valence-electron chi connectivity index (χ3n) is 5.66. The number of Topliss-reactive ketones (excluding diaryl/α,β-unsaturated/α-hetero) is 1. The van der Waals surface area contributed by atoms with Crippen molar-refractivity contribution in [2.75, 3.05) is 0 Å². The lowest BCUT2D eigenvalue weighted by molar-refractivity contribution is 0.0733. The molecule has 32 heavy (non-hydrogen) atoms. The van der Waals surface area contributed by atoms with E-state index in [1.54, 1.807) is 36.4 Å². The van der Waals surface area contributed by atoms with Crippen molar-refractivity contribution in [2.45, 2.75) is 20.4 Å². The molecule has 0 saturated heterocycles. The topological polar surface area (TPSA) is 57.5 Å². The zero-order chi connectivity index (χ0) is 22.2. The van der Waals surface area contributed by atoms with Gasteiger partial charge in [-0.1, -0.05) is 36.4 Å². The number of ketones is 1. The number of carbonyl (C=O) groups excluding carboxylic acids is 2. The lowest BCUT2D eigenvalue weighted by Crippen LogP contribution is -2.10. The van der Waals surface area contributed by atoms with Gasteiger partial charge < -0.3 is 14.0 Å². The Morgan fingerprint density at radius 2 is 1.84 bits per heavy atom. The quantitative estimate of drug-likeness (QED) is 0.236. The van der Waals surface area contributed by atoms with Gasteiger partial charge in [-0.15, -0.1) is 0 Å². The number of benzene rings is 3. The van der Waals surface area contributed by atoms with Crippen molar-refractivity contribution in [3.05, 3.63) is 101 Å². The number of esters is 1. The molecule has 5 rings (SSSR count). The van der Waals surface area contributed by atoms with Gasteiger partial charge >= 0.3 is 5.97 Å². The van der Waals surface area contributed by atoms with E-state index in [4.69, 9.17) is 9.47 Å². The second-order valence-corrected chi connectivity index (χ2v) is 7.69. The molecule has 0 bridgehead atoms. The Bertz CT molecular complexity index is 1410. The molecule has 4 aromatic rings. The van der Waals surface area contributed by atoms with E-state index in [9.17, 15) is 9.59 Å². The van der Waals surface area contributed by atoms with Crippen LogP contribution in [0.15, 0.2) is 78.7 Å². The molecule has 1 aliphatic heterocycles. The largest absolute Gasteiger partial charge is 0.452 e. The number of allylic oxidation sites excluding steroid dienone is 1. The third-order valence-corrected chi connectivity index (χ3v) is 5.66. The number of carbonyl (C=O) groups is 2. The first-order chi connectivity index (χ1) is 15.5. The summed E-state index contributed by atoms with van der Waals surface area (Å²) in [6.45, 7) is 4.76. The van der Waals surface area contributed by atoms with Gasteiger partial charge in [0.2, 0.25) is 5.78 Å². The Labute approximate surface area is 185 Å². The summed E-state index contributed by atoms with van der Waals surface area (Å²) in [5.41, 5.74) is 3.81. The first-order valence-electron chi connectivity index (χ1n) is 10.5. The minimum Gasteiger partial charge on any atom is -0.452 e. The number of ether oxygens (including phenoxy) is 2. The van der Waals surface area contributed by atoms with Crippen molar-refractivity contribution in [2.24, 2.45) is 0 Å². The molecule has 1 aliphatic rings. The Hall–Kier alpha value is -4.12. The summed E-state index contributed by atoms with van der Waals surface area (Å²) in [5, 5.41) is 1.06. The van der Waals surface area contributed by atoms with Gasteiger partial charge in [0.1, 0.15) is 11.5 Å². The summed E-state index contributed by atoms with van der Waals surface area (Å²) in [5.74, 6) is 0.325. The molecule has 2 heterocycles. The fraction of sp³-hybridized carbons (Fsp3) is 0.111. The van der Waals surface area contributed by atoms with Crippen molar-refractivity contribution in [3.8, 4) is 11.5 Å². The third kappa shape index (κ3) is 3.38. The smallest absolute Gasteiger partial charge is 0.343 e. The van der Waals surface area contributed by atoms with Crippen LogP contribution < -0.4 is 9.47 Å². The Morgan fingerprint density at radius 3 is 2.66 bits per heavy atom. The van der Waals surface area contributed by atoms with Crippen molar-refractivity contribution < 1.29 is 19.1 Å². The summed E-state index contributed by atoms with van der Waals surface area (Å²) >= 11 is 0. The average molecular weight is 423 g/mol. The SMILES string of the molecule is CCn1cc(C=C2Oc3cc(OC(=O)c4ccccc4C)ccc3C2=O)c2ccccc21. The fourth-order valence-electron chi connectivity index (χ4n) is 3.99. The molecular weight excluding hydrogens is 402 g/mol. The van der Waals surface area contributed by atoms with Crippen molar-refractivity contribution in [1.29, 1.82) is 0 Å². The second-order valence-electron chi connectivity index (χ2n) is 7.69. The predicted molar refractivity (Wildman–Crippen MR) is 123 cm³/mol. The summed E-state index contributed by atoms with van der Waals surface area (Å²) in [7, 11) is 0. The minimum absolute atomic E-state index is 0.190. The first kappa shape index (κ1) is 19.8. The van der Waals surface area contributed by atoms with Crippen LogP contribution in [0.3, 0.4) is 0 Å². The van der Waals surface area contributed by atoms with Gasteiger partial charge in [-0.05, 0) is 49.8 Å². The lowest BCUT2D eigenvalue weighted by Gasteiger charge is -2.07. The first-order valence-corrected chi connectivity index (χ1v) is 10.5. The molecule has 5 heteroatoms. The van der Waals surface area contributed by atoms with E-state index in [1.165, 1.54) is 0 Å². The van der Waals surface area contributed by atoms with Gasteiger partial charge in [0.15, 0.2) is 5.76 Å². The molecule has 0 amide bonds. The number of nitrogens with zero attached hydrogens (tertiary/aromatic N) is 1. The molecule has 158 valence electrons. The molecule has 0 N–H and O–H groups in total. The summed E-state index contributed by atoms with van der Waals surface area (Å²) < 4.78 is 13.5. The van der Waals surface area contributed by atoms with Crippen LogP contribution in [0.1, 0.15) is 38.8 Å². The maximum atomic E-state index is 12.9. The highest BCUT2D eigenvalue weighted by molar-refractivity contribution is 6.15. The Morgan fingerprint density at radius 1 is 1.06 bits per heavy atom. The normalized spacial score (nSPS) is 13.9. The van der Waals surface area contributed by atoms with Crippen LogP contribution >= 0.6 is 0 Å². The Balaban J connectivity index is 1.43. The number of rotatable bonds is 4. The summed E-state index contributed by atoms with van der Waals surface area (Å²) in [6.07, 6.45) is 3.79. The molecule has 5 nitrogen and oxygen atoms in total. The molecule has 3 aromatic carbocycles. The van der Waals surface area contributed by atoms with E-state index in [1.807, 2.05) is 43.5 Å². The van der Waals surface area contributed by atoms with E-state index in [2.05, 4.69) is 17.6 Å². The summed E-state index contributed by atoms with van der Waals surface area (Å²) in [4.78, 5) is 25.4. The van der Waals surface area contributed by atoms with Crippen LogP contribution in [0.4, 0.5) is 0 Å². The van der Waals surface area contributed by atoms with E-state index in [0.29, 0.717) is 22.6 Å². The van der Waals surface area contributed by atoms with E-state index >= 15 is 0 Å². The van der Waals surface area contributed by atoms with E-state index in [0.717, 1.165) is 28.6 Å². The zero-order valence-electron chi connectivity index (χ0n) is 17.8. The minimum atomic E-state index is -0.449. The predicted octanol–water partition coefficient (Wildman–Crippen LogP) is 5.81. The summed E-state index contributed by atoms with van der Waals surface area (Å²) in [6, 6.07) is 20.1. The molecule has 0 unspecified atom stereocenters. The number of fused-ring (bicyclic) bond motifs is 2. The zero-order valence-corrected chi connectivity index (χ0v) is 17.8. The molecule has 0 fully saturated rings. The van der Waals surface area contributed by atoms with Gasteiger partial charge in [0.25, 0.3) is 0 Å². The van der Waals surface area contributed by atoms with Gasteiger partial charge in [0.05, 0.1) is 11.1 Å². The lowest BCUT2D eigenvalue weighted by atomic mass is 10.1. The number of hydrogen-bond acceptors (Lipinski definition) is 4. The monoisotopic (exact) mass is 423 g/mol.